The first-order chi connectivity index (χ1) is 15.1. The van der Waals surface area contributed by atoms with Crippen LogP contribution in [-0.2, 0) is 9.59 Å². The number of para-hydroxylation sites is 1. The van der Waals surface area contributed by atoms with E-state index in [0.717, 1.165) is 16.9 Å². The molecule has 2 aromatic carbocycles. The Bertz CT molecular complexity index is 1380. The lowest BCUT2D eigenvalue weighted by molar-refractivity contribution is -0.120. The molecule has 6 nitrogen and oxygen atoms in total. The van der Waals surface area contributed by atoms with E-state index in [0.29, 0.717) is 20.6 Å². The number of nitrogens with one attached hydrogen (secondary N) is 1. The molecule has 162 valence electrons. The van der Waals surface area contributed by atoms with Gasteiger partial charge in [0, 0.05) is 18.0 Å². The number of hydrogen-bond acceptors (Lipinski definition) is 5. The van der Waals surface area contributed by atoms with Crippen molar-refractivity contribution in [2.45, 2.75) is 27.7 Å². The molecule has 1 aromatic heterocycles. The summed E-state index contributed by atoms with van der Waals surface area (Å²) in [4.78, 5) is 37.5. The molecule has 0 aliphatic heterocycles. The molecule has 0 spiro atoms. The molecule has 3 rings (SSSR count). The van der Waals surface area contributed by atoms with E-state index >= 15 is 0 Å². The van der Waals surface area contributed by atoms with Gasteiger partial charge in [0.1, 0.15) is 16.3 Å². The summed E-state index contributed by atoms with van der Waals surface area (Å²) in [6, 6.07) is 18.0. The van der Waals surface area contributed by atoms with Gasteiger partial charge in [-0.25, -0.2) is 0 Å². The summed E-state index contributed by atoms with van der Waals surface area (Å²) < 4.78 is 2.13. The SMILES string of the molecule is CC(=O)Nc1ccc(/C=c2\s/c(=C(/C#N)C(=O)C(C)(C)C)n(-c3ccccc3)c2=O)cc1. The molecule has 0 saturated heterocycles. The highest BCUT2D eigenvalue weighted by molar-refractivity contribution is 7.07. The second-order valence-corrected chi connectivity index (χ2v) is 9.29. The maximum Gasteiger partial charge on any atom is 0.273 e. The van der Waals surface area contributed by atoms with Gasteiger partial charge in [-0.3, -0.25) is 19.0 Å². The number of amides is 1. The topological polar surface area (TPSA) is 92.0 Å². The molecule has 0 bridgehead atoms. The Kier molecular flexibility index (Phi) is 6.56. The molecule has 0 atom stereocenters. The lowest BCUT2D eigenvalue weighted by atomic mass is 9.87. The quantitative estimate of drug-likeness (QED) is 0.668. The lowest BCUT2D eigenvalue weighted by Crippen LogP contribution is -2.33. The number of aromatic nitrogens is 1. The van der Waals surface area contributed by atoms with Crippen molar-refractivity contribution in [3.05, 3.63) is 79.7 Å². The third kappa shape index (κ3) is 4.93. The lowest BCUT2D eigenvalue weighted by Gasteiger charge is -2.15. The molecule has 1 heterocycles. The van der Waals surface area contributed by atoms with Gasteiger partial charge in [-0.2, -0.15) is 5.26 Å². The molecule has 0 unspecified atom stereocenters. The minimum atomic E-state index is -0.768. The zero-order chi connectivity index (χ0) is 23.5. The first-order valence-electron chi connectivity index (χ1n) is 9.97. The van der Waals surface area contributed by atoms with Crippen molar-refractivity contribution in [2.24, 2.45) is 5.41 Å². The van der Waals surface area contributed by atoms with E-state index in [4.69, 9.17) is 0 Å². The maximum atomic E-state index is 13.4. The number of carbonyl (C=O) groups excluding carboxylic acids is 2. The van der Waals surface area contributed by atoms with Crippen LogP contribution >= 0.6 is 11.3 Å². The van der Waals surface area contributed by atoms with E-state index in [1.807, 2.05) is 12.1 Å². The number of hydrogen-bond donors (Lipinski definition) is 1. The first-order valence-corrected chi connectivity index (χ1v) is 10.8. The Morgan fingerprint density at radius 2 is 1.69 bits per heavy atom. The van der Waals surface area contributed by atoms with Crippen LogP contribution in [0.5, 0.6) is 0 Å². The maximum absolute atomic E-state index is 13.4. The van der Waals surface area contributed by atoms with Crippen molar-refractivity contribution in [1.82, 2.24) is 4.57 Å². The van der Waals surface area contributed by atoms with Crippen molar-refractivity contribution < 1.29 is 9.59 Å². The van der Waals surface area contributed by atoms with Gasteiger partial charge in [0.05, 0.1) is 10.2 Å². The van der Waals surface area contributed by atoms with E-state index in [9.17, 15) is 19.6 Å². The molecule has 3 aromatic rings. The van der Waals surface area contributed by atoms with E-state index in [1.54, 1.807) is 75.4 Å². The van der Waals surface area contributed by atoms with Gasteiger partial charge in [0.2, 0.25) is 5.91 Å². The molecule has 7 heteroatoms. The van der Waals surface area contributed by atoms with Crippen LogP contribution in [0.3, 0.4) is 0 Å². The number of nitriles is 1. The summed E-state index contributed by atoms with van der Waals surface area (Å²) in [6.45, 7) is 6.67. The molecular formula is C25H23N3O3S. The number of Topliss-reactive ketones (excluding diaryl/α,β-unsaturated/α-hetero) is 1. The summed E-state index contributed by atoms with van der Waals surface area (Å²) >= 11 is 1.11. The third-order valence-corrected chi connectivity index (χ3v) is 5.69. The Hall–Kier alpha value is -3.76. The van der Waals surface area contributed by atoms with Crippen molar-refractivity contribution in [2.75, 3.05) is 5.32 Å². The minimum Gasteiger partial charge on any atom is -0.326 e. The summed E-state index contributed by atoms with van der Waals surface area (Å²) in [6.07, 6.45) is 1.71. The Morgan fingerprint density at radius 1 is 1.06 bits per heavy atom. The highest BCUT2D eigenvalue weighted by Gasteiger charge is 2.27. The summed E-state index contributed by atoms with van der Waals surface area (Å²) in [5.41, 5.74) is 0.874. The highest BCUT2D eigenvalue weighted by atomic mass is 32.1. The average Bonchev–Trinajstić information content (AvgIpc) is 3.05. The van der Waals surface area contributed by atoms with Crippen LogP contribution in [0.4, 0.5) is 5.69 Å². The van der Waals surface area contributed by atoms with Gasteiger partial charge >= 0.3 is 0 Å². The van der Waals surface area contributed by atoms with Gasteiger partial charge in [-0.05, 0) is 35.9 Å². The molecule has 0 fully saturated rings. The summed E-state index contributed by atoms with van der Waals surface area (Å²) in [7, 11) is 0. The molecule has 1 amide bonds. The summed E-state index contributed by atoms with van der Waals surface area (Å²) in [5, 5.41) is 12.5. The number of thiazole rings is 1. The van der Waals surface area contributed by atoms with Crippen molar-refractivity contribution in [3.8, 4) is 11.8 Å². The average molecular weight is 446 g/mol. The molecule has 0 radical (unpaired) electrons. The zero-order valence-corrected chi connectivity index (χ0v) is 19.1. The van der Waals surface area contributed by atoms with Crippen molar-refractivity contribution >= 4 is 40.4 Å². The van der Waals surface area contributed by atoms with Gasteiger partial charge in [-0.15, -0.1) is 11.3 Å². The minimum absolute atomic E-state index is 0.0379. The number of rotatable bonds is 4. The van der Waals surface area contributed by atoms with E-state index < -0.39 is 5.41 Å². The van der Waals surface area contributed by atoms with Gasteiger partial charge in [0.15, 0.2) is 5.78 Å². The van der Waals surface area contributed by atoms with Crippen LogP contribution in [-0.4, -0.2) is 16.3 Å². The fourth-order valence-electron chi connectivity index (χ4n) is 3.05. The predicted octanol–water partition coefficient (Wildman–Crippen LogP) is 2.98. The second kappa shape index (κ2) is 9.16. The number of ketones is 1. The number of anilines is 1. The third-order valence-electron chi connectivity index (χ3n) is 4.60. The Balaban J connectivity index is 2.29. The standard InChI is InChI=1S/C25H23N3O3S/c1-16(29)27-18-12-10-17(11-13-18)14-21-23(31)28(19-8-6-5-7-9-19)24(32-21)20(15-26)22(30)25(2,3)4/h5-14H,1-4H3,(H,27,29)/b21-14-,24-20-. The van der Waals surface area contributed by atoms with Crippen LogP contribution in [0.2, 0.25) is 0 Å². The van der Waals surface area contributed by atoms with Gasteiger partial charge in [-0.1, -0.05) is 51.1 Å². The van der Waals surface area contributed by atoms with E-state index in [2.05, 4.69) is 5.32 Å². The number of nitrogens with zero attached hydrogens (tertiary/aromatic N) is 2. The van der Waals surface area contributed by atoms with Crippen LogP contribution in [0.15, 0.2) is 59.4 Å². The Morgan fingerprint density at radius 3 is 2.22 bits per heavy atom. The zero-order valence-electron chi connectivity index (χ0n) is 18.3. The highest BCUT2D eigenvalue weighted by Crippen LogP contribution is 2.20. The molecule has 0 saturated carbocycles. The van der Waals surface area contributed by atoms with Gasteiger partial charge in [0.25, 0.3) is 5.56 Å². The monoisotopic (exact) mass is 445 g/mol. The van der Waals surface area contributed by atoms with Crippen LogP contribution in [0.1, 0.15) is 33.3 Å². The molecule has 0 aliphatic rings. The second-order valence-electron chi connectivity index (χ2n) is 8.26. The van der Waals surface area contributed by atoms with Crippen LogP contribution < -0.4 is 20.1 Å². The fourth-order valence-corrected chi connectivity index (χ4v) is 4.15. The van der Waals surface area contributed by atoms with Crippen LogP contribution in [0, 0.1) is 16.7 Å². The molecule has 32 heavy (non-hydrogen) atoms. The normalized spacial score (nSPS) is 12.8. The Labute approximate surface area is 189 Å². The smallest absolute Gasteiger partial charge is 0.273 e. The van der Waals surface area contributed by atoms with E-state index in [1.165, 1.54) is 11.5 Å². The predicted molar refractivity (Wildman–Crippen MR) is 127 cm³/mol. The van der Waals surface area contributed by atoms with Crippen LogP contribution in [0.25, 0.3) is 17.3 Å². The van der Waals surface area contributed by atoms with Crippen molar-refractivity contribution in [1.29, 1.82) is 5.26 Å². The fraction of sp³-hybridized carbons (Fsp3) is 0.200. The summed E-state index contributed by atoms with van der Waals surface area (Å²) in [5.74, 6) is -0.490. The number of benzene rings is 2. The first kappa shape index (κ1) is 22.9. The largest absolute Gasteiger partial charge is 0.326 e. The van der Waals surface area contributed by atoms with Gasteiger partial charge < -0.3 is 5.32 Å². The molecular weight excluding hydrogens is 422 g/mol. The van der Waals surface area contributed by atoms with E-state index in [-0.39, 0.29) is 22.8 Å². The van der Waals surface area contributed by atoms with Crippen molar-refractivity contribution in [3.63, 3.8) is 0 Å². The molecule has 1 N–H and O–H groups in total. The number of carbonyl (C=O) groups is 2. The molecule has 0 aliphatic carbocycles.